The summed E-state index contributed by atoms with van der Waals surface area (Å²) in [5.74, 6) is -16.8. The minimum absolute atomic E-state index is 0.0468. The summed E-state index contributed by atoms with van der Waals surface area (Å²) in [4.78, 5) is 173. The van der Waals surface area contributed by atoms with Gasteiger partial charge in [-0.3, -0.25) is 57.7 Å². The van der Waals surface area contributed by atoms with Crippen molar-refractivity contribution in [2.45, 2.75) is 199 Å². The molecule has 1 aliphatic rings. The van der Waals surface area contributed by atoms with Crippen LogP contribution in [0.3, 0.4) is 0 Å². The quantitative estimate of drug-likeness (QED) is 0.0210. The Labute approximate surface area is 517 Å². The van der Waals surface area contributed by atoms with E-state index >= 15 is 4.79 Å². The number of nitrogens with one attached hydrogen (secondary N) is 10. The summed E-state index contributed by atoms with van der Waals surface area (Å²) in [6, 6.07) is -10.7. The predicted molar refractivity (Wildman–Crippen MR) is 322 cm³/mol. The molecule has 32 nitrogen and oxygen atoms in total. The van der Waals surface area contributed by atoms with Crippen molar-refractivity contribution in [1.29, 1.82) is 0 Å². The first-order chi connectivity index (χ1) is 41.7. The van der Waals surface area contributed by atoms with Crippen LogP contribution in [0.25, 0.3) is 0 Å². The van der Waals surface area contributed by atoms with Crippen LogP contribution in [0.2, 0.25) is 0 Å². The minimum Gasteiger partial charge on any atom is -0.453 e. The minimum atomic E-state index is -2.57. The van der Waals surface area contributed by atoms with Crippen molar-refractivity contribution < 1.29 is 82.7 Å². The Hall–Kier alpha value is -8.07. The molecule has 1 fully saturated rings. The van der Waals surface area contributed by atoms with Gasteiger partial charge in [0.05, 0.1) is 31.4 Å². The molecule has 22 N–H and O–H groups in total. The summed E-state index contributed by atoms with van der Waals surface area (Å²) < 4.78 is 5.90. The Morgan fingerprint density at radius 1 is 0.674 bits per heavy atom. The summed E-state index contributed by atoms with van der Waals surface area (Å²) in [6.07, 6.45) is -7.74. The Bertz CT molecular complexity index is 2610. The highest BCUT2D eigenvalue weighted by Gasteiger charge is 2.43. The Morgan fingerprint density at radius 3 is 1.78 bits per heavy atom. The van der Waals surface area contributed by atoms with Crippen LogP contribution in [0.15, 0.2) is 35.3 Å². The van der Waals surface area contributed by atoms with Gasteiger partial charge in [0, 0.05) is 6.54 Å². The first-order valence-electron chi connectivity index (χ1n) is 29.7. The molecule has 0 aliphatic carbocycles. The number of ether oxygens (including phenoxy) is 1. The number of cyclic esters (lactones) is 1. The zero-order valence-corrected chi connectivity index (χ0v) is 52.2. The van der Waals surface area contributed by atoms with Gasteiger partial charge in [-0.1, -0.05) is 105 Å². The third kappa shape index (κ3) is 25.1. The number of aliphatic imine (C=N–C) groups is 1. The van der Waals surface area contributed by atoms with Gasteiger partial charge in [0.1, 0.15) is 48.3 Å². The van der Waals surface area contributed by atoms with Crippen LogP contribution in [0, 0.1) is 23.7 Å². The summed E-state index contributed by atoms with van der Waals surface area (Å²) in [5.41, 5.74) is 22.5. The van der Waals surface area contributed by atoms with Crippen molar-refractivity contribution in [1.82, 2.24) is 53.2 Å². The first kappa shape index (κ1) is 77.0. The second kappa shape index (κ2) is 37.7. The van der Waals surface area contributed by atoms with Crippen LogP contribution in [0.5, 0.6) is 0 Å². The fourth-order valence-electron chi connectivity index (χ4n) is 9.10. The van der Waals surface area contributed by atoms with Crippen LogP contribution in [-0.4, -0.2) is 196 Å². The van der Waals surface area contributed by atoms with E-state index < -0.39 is 181 Å². The summed E-state index contributed by atoms with van der Waals surface area (Å²) in [7, 11) is 0. The molecule has 500 valence electrons. The Kier molecular flexibility index (Phi) is 32.6. The normalized spacial score (nSPS) is 24.8. The molecule has 0 saturated carbocycles. The molecular weight excluding hydrogens is 1170 g/mol. The number of nitrogens with two attached hydrogens (primary N) is 4. The van der Waals surface area contributed by atoms with Crippen molar-refractivity contribution in [2.75, 3.05) is 19.7 Å². The standard InChI is InChI=1S/C57H95N15O17/c1-11-17-33(64-47(79)32(58)22-26(3)4)48(80)72-42-45(31-18-14-13-15-19-31)89-56(88)36(25-73)67-54(86)41(44(77)46(59)78)68-37(75)24-63-51(83)39(30(10)74)70-52(84)38(29(9)12-2)69-49(81)34(20-16-21-62-57(60)61)65-50(82)35(23-27(5)6)66-53(85)40(71-55(42)87)43(76)28(7)8/h13-15,18-19,26-30,32-36,38-45,73-74,76-77H,11-12,16-17,20-25,58H2,1-10H3,(H2,59,78)(H,63,83)(H,64,79)(H,65,82)(H,66,85)(H,67,86)(H,68,75)(H,69,81)(H,70,84)(H,71,87)(H,72,80)(H4,60,61,62)/t29-,30-,32+,33-,34+,35-,36-,38-,39-,40-,41-,42-,43+,44-,45+/m0/s1. The molecule has 0 radical (unpaired) electrons. The number of carbonyl (C=O) groups is 12. The number of nitrogens with zero attached hydrogens (tertiary/aromatic N) is 1. The number of primary amides is 1. The van der Waals surface area contributed by atoms with Gasteiger partial charge in [-0.25, -0.2) is 4.79 Å². The molecule has 1 heterocycles. The van der Waals surface area contributed by atoms with E-state index in [1.165, 1.54) is 44.2 Å². The highest BCUT2D eigenvalue weighted by atomic mass is 16.5. The van der Waals surface area contributed by atoms with Crippen molar-refractivity contribution in [3.63, 3.8) is 0 Å². The maximum absolute atomic E-state index is 15.3. The topological polar surface area (TPSA) is 532 Å². The smallest absolute Gasteiger partial charge is 0.331 e. The van der Waals surface area contributed by atoms with Gasteiger partial charge in [0.15, 0.2) is 24.2 Å². The van der Waals surface area contributed by atoms with Gasteiger partial charge >= 0.3 is 5.97 Å². The number of hydrogen-bond donors (Lipinski definition) is 18. The van der Waals surface area contributed by atoms with E-state index in [-0.39, 0.29) is 74.8 Å². The third-order valence-electron chi connectivity index (χ3n) is 14.3. The van der Waals surface area contributed by atoms with Gasteiger partial charge in [-0.15, -0.1) is 0 Å². The van der Waals surface area contributed by atoms with E-state index in [0.717, 1.165) is 6.92 Å². The first-order valence-corrected chi connectivity index (χ1v) is 29.7. The van der Waals surface area contributed by atoms with Crippen LogP contribution in [0.1, 0.15) is 126 Å². The molecule has 1 aliphatic heterocycles. The molecule has 32 heteroatoms. The third-order valence-corrected chi connectivity index (χ3v) is 14.3. The number of hydrogen-bond acceptors (Lipinski definition) is 19. The second-order valence-electron chi connectivity index (χ2n) is 23.2. The number of carbonyl (C=O) groups excluding carboxylic acids is 12. The molecule has 89 heavy (non-hydrogen) atoms. The molecular formula is C57H95N15O17. The zero-order chi connectivity index (χ0) is 67.6. The SMILES string of the molecule is CCC[C@H](NC(=O)[C@H](N)CC(C)C)C(=O)N[C@@H]1C(=O)N[C@@H]([C@H](O)C(C)C)C(=O)N[C@@H](CC(C)C)C(=O)N[C@H](CCCN=C(N)N)C(=O)N[C@@H]([C@@H](C)CC)C(=O)N[C@@H]([C@H](C)O)C(=O)NCC(=O)N[C@@H]([C@H](O)C(N)=O)C(=O)N[C@@H](CO)C(=O)O[C@@H]1c1ccccc1. The number of aliphatic hydroxyl groups excluding tert-OH is 4. The second-order valence-corrected chi connectivity index (χ2v) is 23.2. The van der Waals surface area contributed by atoms with Gasteiger partial charge in [0.2, 0.25) is 65.0 Å². The van der Waals surface area contributed by atoms with Crippen LogP contribution < -0.4 is 76.1 Å². The molecule has 15 atom stereocenters. The Balaban J connectivity index is 3.11. The summed E-state index contributed by atoms with van der Waals surface area (Å²) in [6.45, 7) is 13.6. The summed E-state index contributed by atoms with van der Waals surface area (Å²) in [5, 5.41) is 67.9. The molecule has 1 saturated heterocycles. The van der Waals surface area contributed by atoms with Crippen molar-refractivity contribution in [3.05, 3.63) is 35.9 Å². The number of benzene rings is 1. The molecule has 0 unspecified atom stereocenters. The van der Waals surface area contributed by atoms with Gasteiger partial charge < -0.3 is 101 Å². The molecule has 0 aromatic heterocycles. The lowest BCUT2D eigenvalue weighted by Crippen LogP contribution is -2.64. The number of esters is 1. The van der Waals surface area contributed by atoms with Gasteiger partial charge in [-0.2, -0.15) is 0 Å². The number of guanidine groups is 1. The van der Waals surface area contributed by atoms with E-state index in [9.17, 15) is 73.2 Å². The largest absolute Gasteiger partial charge is 0.453 e. The molecule has 1 aromatic rings. The average molecular weight is 1260 g/mol. The molecule has 0 spiro atoms. The average Bonchev–Trinajstić information content (AvgIpc) is 1.32. The van der Waals surface area contributed by atoms with Gasteiger partial charge in [0.25, 0.3) is 0 Å². The van der Waals surface area contributed by atoms with E-state index in [1.807, 2.05) is 24.5 Å². The fraction of sp³-hybridized carbons (Fsp3) is 0.667. The maximum atomic E-state index is 15.3. The zero-order valence-electron chi connectivity index (χ0n) is 52.2. The predicted octanol–water partition coefficient (Wildman–Crippen LogP) is -5.68. The van der Waals surface area contributed by atoms with Crippen molar-refractivity contribution in [2.24, 2.45) is 51.6 Å². The highest BCUT2D eigenvalue weighted by molar-refractivity contribution is 6.00. The van der Waals surface area contributed by atoms with Crippen molar-refractivity contribution >= 4 is 76.9 Å². The molecule has 0 bridgehead atoms. The van der Waals surface area contributed by atoms with Crippen LogP contribution in [-0.2, 0) is 62.3 Å². The lowest BCUT2D eigenvalue weighted by Gasteiger charge is -2.33. The monoisotopic (exact) mass is 1260 g/mol. The van der Waals surface area contributed by atoms with Crippen LogP contribution in [0.4, 0.5) is 0 Å². The van der Waals surface area contributed by atoms with E-state index in [2.05, 4.69) is 47.5 Å². The van der Waals surface area contributed by atoms with E-state index in [0.29, 0.717) is 0 Å². The van der Waals surface area contributed by atoms with E-state index in [4.69, 9.17) is 27.7 Å². The van der Waals surface area contributed by atoms with Crippen molar-refractivity contribution in [3.8, 4) is 0 Å². The fourth-order valence-corrected chi connectivity index (χ4v) is 9.10. The van der Waals surface area contributed by atoms with E-state index in [1.54, 1.807) is 34.6 Å². The lowest BCUT2D eigenvalue weighted by molar-refractivity contribution is -0.159. The maximum Gasteiger partial charge on any atom is 0.331 e. The number of aliphatic hydroxyl groups is 4. The molecule has 11 amide bonds. The van der Waals surface area contributed by atoms with Gasteiger partial charge in [-0.05, 0) is 68.3 Å². The number of amides is 11. The molecule has 1 aromatic carbocycles. The van der Waals surface area contributed by atoms with Crippen LogP contribution >= 0.6 is 0 Å². The highest BCUT2D eigenvalue weighted by Crippen LogP contribution is 2.25. The summed E-state index contributed by atoms with van der Waals surface area (Å²) >= 11 is 0. The lowest BCUT2D eigenvalue weighted by atomic mass is 9.95. The number of rotatable bonds is 23. The molecule has 2 rings (SSSR count). The Morgan fingerprint density at radius 2 is 1.24 bits per heavy atom.